The zero-order valence-electron chi connectivity index (χ0n) is 19.0. The predicted molar refractivity (Wildman–Crippen MR) is 236 cm³/mol. The molecule has 2 N–H and O–H groups in total. The van der Waals surface area contributed by atoms with Gasteiger partial charge in [-0.1, -0.05) is 42.5 Å². The van der Waals surface area contributed by atoms with E-state index >= 15 is 0 Å². The van der Waals surface area contributed by atoms with Gasteiger partial charge in [0.25, 0.3) is 0 Å². The van der Waals surface area contributed by atoms with E-state index < -0.39 is 0 Å². The second kappa shape index (κ2) is 23.4. The first-order chi connectivity index (χ1) is 19.7. The third-order valence-corrected chi connectivity index (χ3v) is 43.1. The lowest BCUT2D eigenvalue weighted by Gasteiger charge is -2.05. The Morgan fingerprint density at radius 3 is 1.45 bits per heavy atom. The molecule has 0 spiro atoms. The van der Waals surface area contributed by atoms with E-state index in [1.165, 1.54) is 43.5 Å². The summed E-state index contributed by atoms with van der Waals surface area (Å²) < 4.78 is 2.66. The van der Waals surface area contributed by atoms with Crippen LogP contribution in [-0.4, -0.2) is 0 Å². The van der Waals surface area contributed by atoms with Crippen LogP contribution in [0.25, 0.3) is 31.3 Å². The Morgan fingerprint density at radius 2 is 0.925 bits per heavy atom. The van der Waals surface area contributed by atoms with Crippen molar-refractivity contribution in [3.63, 3.8) is 0 Å². The van der Waals surface area contributed by atoms with Crippen LogP contribution in [0.5, 0.6) is 0 Å². The third kappa shape index (κ3) is 14.0. The Morgan fingerprint density at radius 1 is 0.475 bits per heavy atom. The van der Waals surface area contributed by atoms with Crippen molar-refractivity contribution in [3.8, 4) is 11.1 Å². The maximum absolute atomic E-state index is 6.09. The molecule has 0 saturated heterocycles. The Kier molecular flexibility index (Phi) is 21.4. The zero-order chi connectivity index (χ0) is 28.3. The molecule has 40 heavy (non-hydrogen) atoms. The average molecular weight is 917 g/mol. The van der Waals surface area contributed by atoms with Crippen molar-refractivity contribution >= 4 is 219 Å². The molecular formula is C18H13NS21. The lowest BCUT2D eigenvalue weighted by molar-refractivity contribution is 1.64. The van der Waals surface area contributed by atoms with Crippen LogP contribution in [0.4, 0.5) is 5.69 Å². The van der Waals surface area contributed by atoms with Crippen LogP contribution < -0.4 is 5.73 Å². The number of anilines is 1. The number of para-hydroxylation sites is 1. The van der Waals surface area contributed by atoms with Gasteiger partial charge < -0.3 is 5.73 Å². The fourth-order valence-corrected chi connectivity index (χ4v) is 47.8. The summed E-state index contributed by atoms with van der Waals surface area (Å²) in [6.45, 7) is 0. The molecule has 3 aromatic carbocycles. The van der Waals surface area contributed by atoms with Crippen LogP contribution in [0.2, 0.25) is 0 Å². The Balaban J connectivity index is 0.000000220. The molecule has 0 atom stereocenters. The molecule has 0 radical (unpaired) electrons. The van der Waals surface area contributed by atoms with Crippen LogP contribution in [0.1, 0.15) is 0 Å². The molecular weight excluding hydrogens is 904 g/mol. The molecule has 1 nitrogen and oxygen atoms in total. The molecule has 0 amide bonds. The van der Waals surface area contributed by atoms with Crippen molar-refractivity contribution in [2.75, 3.05) is 5.73 Å². The van der Waals surface area contributed by atoms with Gasteiger partial charge in [0.05, 0.1) is 0 Å². The van der Waals surface area contributed by atoms with Gasteiger partial charge in [-0.15, -0.1) is 11.3 Å². The Labute approximate surface area is 297 Å². The number of rotatable bonds is 1. The van der Waals surface area contributed by atoms with Crippen molar-refractivity contribution in [1.82, 2.24) is 0 Å². The van der Waals surface area contributed by atoms with E-state index in [1.54, 1.807) is 142 Å². The summed E-state index contributed by atoms with van der Waals surface area (Å²) in [5.74, 6) is 0. The monoisotopic (exact) mass is 915 g/mol. The molecule has 0 aliphatic rings. The number of nitrogen functional groups attached to an aromatic ring is 1. The number of fused-ring (bicyclic) bond motifs is 3. The summed E-state index contributed by atoms with van der Waals surface area (Å²) in [7, 11) is 30.8. The van der Waals surface area contributed by atoms with E-state index in [0.29, 0.717) is 0 Å². The number of nitrogens with two attached hydrogens (primary N) is 1. The molecule has 0 saturated carbocycles. The Hall–Kier alpha value is 2.08. The van der Waals surface area contributed by atoms with Gasteiger partial charge in [-0.25, -0.2) is 0 Å². The van der Waals surface area contributed by atoms with E-state index in [0.717, 1.165) is 11.3 Å². The van der Waals surface area contributed by atoms with Gasteiger partial charge >= 0.3 is 0 Å². The number of thiophene rings is 1. The molecule has 1 heterocycles. The van der Waals surface area contributed by atoms with Crippen molar-refractivity contribution in [2.24, 2.45) is 0 Å². The summed E-state index contributed by atoms with van der Waals surface area (Å²) in [4.78, 5) is 0. The molecule has 216 valence electrons. The first-order valence-corrected chi connectivity index (χ1v) is 35.9. The van der Waals surface area contributed by atoms with Gasteiger partial charge in [0.2, 0.25) is 0 Å². The van der Waals surface area contributed by atoms with E-state index in [-0.39, 0.29) is 0 Å². The topological polar surface area (TPSA) is 26.0 Å². The van der Waals surface area contributed by atoms with E-state index in [9.17, 15) is 0 Å². The molecule has 0 fully saturated rings. The minimum Gasteiger partial charge on any atom is -0.398 e. The minimum atomic E-state index is 0.825. The summed E-state index contributed by atoms with van der Waals surface area (Å²) in [6, 6.07) is 23.2. The summed E-state index contributed by atoms with van der Waals surface area (Å²) in [5, 5.41) is 2.63. The number of hydrogen-bond donors (Lipinski definition) is 1. The van der Waals surface area contributed by atoms with Gasteiger partial charge in [-0.3, -0.25) is 0 Å². The fraction of sp³-hybridized carbons (Fsp3) is 0. The molecule has 1 aromatic heterocycles. The standard InChI is InChI=1S/C18H13NS.S20/c19-16-7-3-1-5-13(16)12-9-10-18-15(11-12)14-6-2-4-8-17(14)20-18;1-3-5-7-9-11-13-15-17-19-20-18-16-14-12-10-8-6-4-2/h1-11H,19H2;. The number of benzene rings is 3. The lowest BCUT2D eigenvalue weighted by atomic mass is 10.0. The highest BCUT2D eigenvalue weighted by atomic mass is 33.5. The van der Waals surface area contributed by atoms with Gasteiger partial charge in [-0.2, -0.15) is 0 Å². The molecule has 0 unspecified atom stereocenters. The fourth-order valence-electron chi connectivity index (χ4n) is 2.83. The van der Waals surface area contributed by atoms with Gasteiger partial charge in [0.15, 0.2) is 0 Å². The largest absolute Gasteiger partial charge is 0.398 e. The quantitative estimate of drug-likeness (QED) is 0.265. The lowest BCUT2D eigenvalue weighted by Crippen LogP contribution is -1.88. The van der Waals surface area contributed by atoms with Crippen LogP contribution in [0, 0.1) is 0 Å². The highest BCUT2D eigenvalue weighted by molar-refractivity contribution is 8.78. The number of hydrogen-bond acceptors (Lipinski definition) is 4. The first-order valence-electron chi connectivity index (χ1n) is 9.76. The maximum atomic E-state index is 6.09. The van der Waals surface area contributed by atoms with Crippen molar-refractivity contribution in [2.45, 2.75) is 0 Å². The van der Waals surface area contributed by atoms with Gasteiger partial charge in [0.1, 0.15) is 0 Å². The average Bonchev–Trinajstić information content (AvgIpc) is 3.35. The maximum Gasteiger partial charge on any atom is 0.0393 e. The summed E-state index contributed by atoms with van der Waals surface area (Å²) in [5.41, 5.74) is 9.19. The molecule has 4 aromatic rings. The summed E-state index contributed by atoms with van der Waals surface area (Å²) >= 11 is 11.3. The SMILES string of the molecule is Nc1ccccc1-c1ccc2sc3ccccc3c2c1.S=S=S=S=S=S=S=S=S=S=S=S=S=S=S=S=S=S=S=S. The van der Waals surface area contributed by atoms with Crippen LogP contribution in [-0.2, 0) is 182 Å². The molecule has 0 aliphatic carbocycles. The smallest absolute Gasteiger partial charge is 0.0393 e. The second-order valence-electron chi connectivity index (χ2n) is 6.12. The van der Waals surface area contributed by atoms with Crippen LogP contribution in [0.15, 0.2) is 66.7 Å². The predicted octanol–water partition coefficient (Wildman–Crippen LogP) is 5.26. The van der Waals surface area contributed by atoms with Gasteiger partial charge in [0, 0.05) is 214 Å². The van der Waals surface area contributed by atoms with E-state index in [1.807, 2.05) is 29.5 Å². The normalized spacial score (nSPS) is 9.30. The zero-order valence-corrected chi connectivity index (χ0v) is 36.1. The highest BCUT2D eigenvalue weighted by Gasteiger charge is 2.07. The molecule has 4 rings (SSSR count). The minimum absolute atomic E-state index is 0.825. The Bertz CT molecular complexity index is 2240. The van der Waals surface area contributed by atoms with Crippen LogP contribution >= 0.6 is 11.3 Å². The summed E-state index contributed by atoms with van der Waals surface area (Å²) in [6.07, 6.45) is 0. The van der Waals surface area contributed by atoms with Crippen molar-refractivity contribution in [1.29, 1.82) is 0 Å². The second-order valence-corrected chi connectivity index (χ2v) is 39.0. The van der Waals surface area contributed by atoms with E-state index in [4.69, 9.17) is 28.1 Å². The van der Waals surface area contributed by atoms with E-state index in [2.05, 4.69) is 48.5 Å². The molecule has 0 bridgehead atoms. The van der Waals surface area contributed by atoms with Crippen LogP contribution in [0.3, 0.4) is 0 Å². The van der Waals surface area contributed by atoms with Crippen molar-refractivity contribution in [3.05, 3.63) is 66.7 Å². The third-order valence-electron chi connectivity index (χ3n) is 4.12. The first kappa shape index (κ1) is 36.5. The molecule has 22 heteroatoms. The van der Waals surface area contributed by atoms with Gasteiger partial charge in [-0.05, 0) is 29.8 Å². The highest BCUT2D eigenvalue weighted by Crippen LogP contribution is 2.37. The van der Waals surface area contributed by atoms with Crippen molar-refractivity contribution < 1.29 is 0 Å². The molecule has 0 aliphatic heterocycles.